The van der Waals surface area contributed by atoms with Crippen molar-refractivity contribution >= 4 is 16.1 Å². The molecule has 1 aromatic carbocycles. The maximum Gasteiger partial charge on any atom is 0.317 e. The van der Waals surface area contributed by atoms with Crippen LogP contribution in [0.5, 0.6) is 5.75 Å². The lowest BCUT2D eigenvalue weighted by Gasteiger charge is -2.17. The van der Waals surface area contributed by atoms with Crippen molar-refractivity contribution in [3.63, 3.8) is 0 Å². The van der Waals surface area contributed by atoms with Gasteiger partial charge in [0.2, 0.25) is 10.0 Å². The number of ether oxygens (including phenoxy) is 1. The second-order valence-corrected chi connectivity index (χ2v) is 6.45. The van der Waals surface area contributed by atoms with Gasteiger partial charge in [-0.2, -0.15) is 0 Å². The number of carbonyl (C=O) groups is 1. The largest absolute Gasteiger partial charge is 0.491 e. The van der Waals surface area contributed by atoms with Gasteiger partial charge in [-0.05, 0) is 37.1 Å². The van der Waals surface area contributed by atoms with Gasteiger partial charge in [-0.1, -0.05) is 0 Å². The molecule has 0 unspecified atom stereocenters. The summed E-state index contributed by atoms with van der Waals surface area (Å²) >= 11 is 0. The number of rotatable bonds is 5. The first-order valence-electron chi connectivity index (χ1n) is 6.59. The third-order valence-electron chi connectivity index (χ3n) is 3.56. The molecule has 0 atom stereocenters. The number of nitrogens with one attached hydrogen (secondary N) is 1. The molecule has 116 valence electrons. The number of carbonyl (C=O) groups excluding carboxylic acids is 1. The van der Waals surface area contributed by atoms with Crippen molar-refractivity contribution in [2.45, 2.75) is 18.7 Å². The predicted molar refractivity (Wildman–Crippen MR) is 77.8 cm³/mol. The molecule has 0 saturated carbocycles. The monoisotopic (exact) mass is 313 g/mol. The van der Waals surface area contributed by atoms with E-state index in [2.05, 4.69) is 5.32 Å². The smallest absolute Gasteiger partial charge is 0.317 e. The molecule has 2 amide bonds. The number of benzene rings is 1. The fourth-order valence-electron chi connectivity index (χ4n) is 2.23. The van der Waals surface area contributed by atoms with Crippen molar-refractivity contribution in [1.29, 1.82) is 0 Å². The molecule has 1 aromatic rings. The van der Waals surface area contributed by atoms with Gasteiger partial charge in [0.05, 0.1) is 11.4 Å². The van der Waals surface area contributed by atoms with Gasteiger partial charge in [-0.3, -0.25) is 0 Å². The molecule has 0 aliphatic carbocycles. The molecule has 3 N–H and O–H groups in total. The fraction of sp³-hybridized carbons (Fsp3) is 0.462. The van der Waals surface area contributed by atoms with E-state index >= 15 is 0 Å². The minimum Gasteiger partial charge on any atom is -0.491 e. The van der Waals surface area contributed by atoms with Crippen molar-refractivity contribution in [2.75, 3.05) is 26.2 Å². The molecule has 1 heterocycles. The second kappa shape index (κ2) is 5.90. The summed E-state index contributed by atoms with van der Waals surface area (Å²) in [6.07, 6.45) is 0. The number of hydrogen-bond acceptors (Lipinski definition) is 4. The Morgan fingerprint density at radius 2 is 2.05 bits per heavy atom. The molecule has 1 saturated heterocycles. The number of nitrogens with two attached hydrogens (primary N) is 1. The summed E-state index contributed by atoms with van der Waals surface area (Å²) in [6.45, 7) is 5.63. The van der Waals surface area contributed by atoms with Gasteiger partial charge in [0.25, 0.3) is 0 Å². The fourth-order valence-corrected chi connectivity index (χ4v) is 3.06. The van der Waals surface area contributed by atoms with Crippen LogP contribution in [0.3, 0.4) is 0 Å². The van der Waals surface area contributed by atoms with E-state index in [0.717, 1.165) is 5.56 Å². The molecule has 8 heteroatoms. The summed E-state index contributed by atoms with van der Waals surface area (Å²) in [5.74, 6) is 0.597. The molecular formula is C13H19N3O4S. The quantitative estimate of drug-likeness (QED) is 0.819. The average molecular weight is 313 g/mol. The lowest BCUT2D eigenvalue weighted by Crippen LogP contribution is -2.31. The Kier molecular flexibility index (Phi) is 4.38. The van der Waals surface area contributed by atoms with Crippen LogP contribution in [-0.2, 0) is 10.0 Å². The van der Waals surface area contributed by atoms with Crippen LogP contribution in [0, 0.1) is 13.8 Å². The summed E-state index contributed by atoms with van der Waals surface area (Å²) in [5.41, 5.74) is 1.31. The first-order chi connectivity index (χ1) is 9.80. The van der Waals surface area contributed by atoms with E-state index in [0.29, 0.717) is 37.6 Å². The van der Waals surface area contributed by atoms with Crippen molar-refractivity contribution in [2.24, 2.45) is 5.14 Å². The molecule has 0 radical (unpaired) electrons. The highest BCUT2D eigenvalue weighted by Gasteiger charge is 2.19. The molecular weight excluding hydrogens is 294 g/mol. The van der Waals surface area contributed by atoms with Gasteiger partial charge < -0.3 is 15.0 Å². The third-order valence-corrected chi connectivity index (χ3v) is 4.61. The summed E-state index contributed by atoms with van der Waals surface area (Å²) in [6, 6.07) is 2.94. The van der Waals surface area contributed by atoms with Gasteiger partial charge >= 0.3 is 6.03 Å². The molecule has 7 nitrogen and oxygen atoms in total. The Morgan fingerprint density at radius 3 is 2.62 bits per heavy atom. The Balaban J connectivity index is 2.04. The lowest BCUT2D eigenvalue weighted by atomic mass is 10.1. The minimum absolute atomic E-state index is 0.0870. The van der Waals surface area contributed by atoms with Crippen LogP contribution in [0.4, 0.5) is 4.79 Å². The second-order valence-electron chi connectivity index (χ2n) is 4.92. The van der Waals surface area contributed by atoms with Crippen LogP contribution in [0.15, 0.2) is 17.0 Å². The maximum atomic E-state index is 11.4. The van der Waals surface area contributed by atoms with Crippen molar-refractivity contribution in [1.82, 2.24) is 10.2 Å². The van der Waals surface area contributed by atoms with E-state index in [1.807, 2.05) is 0 Å². The van der Waals surface area contributed by atoms with Crippen molar-refractivity contribution < 1.29 is 17.9 Å². The minimum atomic E-state index is -3.73. The molecule has 2 rings (SSSR count). The SMILES string of the molecule is Cc1c(OCCN2CCNC2=O)ccc(S(N)(=O)=O)c1C. The molecule has 1 aliphatic rings. The zero-order valence-electron chi connectivity index (χ0n) is 12.0. The molecule has 21 heavy (non-hydrogen) atoms. The van der Waals surface area contributed by atoms with Crippen LogP contribution < -0.4 is 15.2 Å². The third kappa shape index (κ3) is 3.45. The van der Waals surface area contributed by atoms with E-state index in [4.69, 9.17) is 9.88 Å². The summed E-state index contributed by atoms with van der Waals surface area (Å²) in [7, 11) is -3.73. The Hall–Kier alpha value is -1.80. The Labute approximate surface area is 124 Å². The van der Waals surface area contributed by atoms with Gasteiger partial charge in [0.1, 0.15) is 12.4 Å². The number of urea groups is 1. The van der Waals surface area contributed by atoms with E-state index < -0.39 is 10.0 Å². The number of primary sulfonamides is 1. The molecule has 1 aliphatic heterocycles. The van der Waals surface area contributed by atoms with Crippen LogP contribution >= 0.6 is 0 Å². The van der Waals surface area contributed by atoms with Gasteiger partial charge in [0.15, 0.2) is 0 Å². The molecule has 1 fully saturated rings. The summed E-state index contributed by atoms with van der Waals surface area (Å²) in [4.78, 5) is 13.1. The number of amides is 2. The average Bonchev–Trinajstić information content (AvgIpc) is 2.79. The van der Waals surface area contributed by atoms with E-state index in [1.165, 1.54) is 6.07 Å². The van der Waals surface area contributed by atoms with Crippen molar-refractivity contribution in [3.05, 3.63) is 23.3 Å². The highest BCUT2D eigenvalue weighted by atomic mass is 32.2. The Morgan fingerprint density at radius 1 is 1.33 bits per heavy atom. The Bertz CT molecular complexity index is 658. The first-order valence-corrected chi connectivity index (χ1v) is 8.14. The molecule has 0 bridgehead atoms. The van der Waals surface area contributed by atoms with E-state index in [-0.39, 0.29) is 10.9 Å². The first kappa shape index (κ1) is 15.6. The van der Waals surface area contributed by atoms with E-state index in [1.54, 1.807) is 24.8 Å². The van der Waals surface area contributed by atoms with Crippen LogP contribution in [0.2, 0.25) is 0 Å². The normalized spacial score (nSPS) is 15.2. The summed E-state index contributed by atoms with van der Waals surface area (Å²) < 4.78 is 28.5. The summed E-state index contributed by atoms with van der Waals surface area (Å²) in [5, 5.41) is 7.87. The standard InChI is InChI=1S/C13H19N3O4S/c1-9-10(2)12(21(14,18)19)4-3-11(9)20-8-7-16-6-5-15-13(16)17/h3-4H,5-8H2,1-2H3,(H,15,17)(H2,14,18,19). The zero-order chi connectivity index (χ0) is 15.6. The molecule has 0 spiro atoms. The molecule has 0 aromatic heterocycles. The maximum absolute atomic E-state index is 11.4. The predicted octanol–water partition coefficient (Wildman–Crippen LogP) is 0.355. The van der Waals surface area contributed by atoms with Gasteiger partial charge in [0, 0.05) is 13.1 Å². The van der Waals surface area contributed by atoms with Gasteiger partial charge in [-0.25, -0.2) is 18.4 Å². The van der Waals surface area contributed by atoms with Crippen LogP contribution in [0.25, 0.3) is 0 Å². The highest BCUT2D eigenvalue weighted by molar-refractivity contribution is 7.89. The number of nitrogens with zero attached hydrogens (tertiary/aromatic N) is 1. The number of sulfonamides is 1. The zero-order valence-corrected chi connectivity index (χ0v) is 12.9. The van der Waals surface area contributed by atoms with Crippen LogP contribution in [-0.4, -0.2) is 45.6 Å². The topological polar surface area (TPSA) is 102 Å². The van der Waals surface area contributed by atoms with Gasteiger partial charge in [-0.15, -0.1) is 0 Å². The number of hydrogen-bond donors (Lipinski definition) is 2. The van der Waals surface area contributed by atoms with Crippen LogP contribution in [0.1, 0.15) is 11.1 Å². The van der Waals surface area contributed by atoms with E-state index in [9.17, 15) is 13.2 Å². The lowest BCUT2D eigenvalue weighted by molar-refractivity contribution is 0.202. The van der Waals surface area contributed by atoms with Crippen molar-refractivity contribution in [3.8, 4) is 5.75 Å². The highest BCUT2D eigenvalue weighted by Crippen LogP contribution is 2.26.